The van der Waals surface area contributed by atoms with E-state index in [9.17, 15) is 4.79 Å². The lowest BCUT2D eigenvalue weighted by Crippen LogP contribution is -2.31. The molecule has 1 aliphatic heterocycles. The minimum atomic E-state index is -0.385. The van der Waals surface area contributed by atoms with Gasteiger partial charge in [0.1, 0.15) is 6.73 Å². The SMILES string of the molecule is CCCCCCCC/C=C\CCCCCCCCOCN1C=CC(Br)=C(C(N)=O)C1. The van der Waals surface area contributed by atoms with Crippen LogP contribution in [0.4, 0.5) is 0 Å². The van der Waals surface area contributed by atoms with Crippen molar-refractivity contribution in [1.29, 1.82) is 0 Å². The maximum atomic E-state index is 11.4. The van der Waals surface area contributed by atoms with Crippen LogP contribution in [0.25, 0.3) is 0 Å². The summed E-state index contributed by atoms with van der Waals surface area (Å²) in [5.74, 6) is -0.385. The largest absolute Gasteiger partial charge is 0.366 e. The number of nitrogens with zero attached hydrogens (tertiary/aromatic N) is 1. The van der Waals surface area contributed by atoms with Gasteiger partial charge in [0.05, 0.1) is 12.1 Å². The van der Waals surface area contributed by atoms with Crippen molar-refractivity contribution in [3.63, 3.8) is 0 Å². The molecule has 0 saturated carbocycles. The van der Waals surface area contributed by atoms with Gasteiger partial charge in [0.15, 0.2) is 0 Å². The van der Waals surface area contributed by atoms with Crippen molar-refractivity contribution < 1.29 is 9.53 Å². The monoisotopic (exact) mass is 482 g/mol. The average molecular weight is 484 g/mol. The molecule has 0 aliphatic carbocycles. The highest BCUT2D eigenvalue weighted by atomic mass is 79.9. The Bertz CT molecular complexity index is 543. The van der Waals surface area contributed by atoms with E-state index >= 15 is 0 Å². The molecule has 0 unspecified atom stereocenters. The van der Waals surface area contributed by atoms with Gasteiger partial charge < -0.3 is 15.4 Å². The summed E-state index contributed by atoms with van der Waals surface area (Å²) in [4.78, 5) is 13.3. The van der Waals surface area contributed by atoms with Crippen molar-refractivity contribution in [2.75, 3.05) is 19.9 Å². The van der Waals surface area contributed by atoms with Gasteiger partial charge in [0.2, 0.25) is 5.91 Å². The first-order valence-corrected chi connectivity index (χ1v) is 12.8. The number of nitrogens with two attached hydrogens (primary N) is 1. The summed E-state index contributed by atoms with van der Waals surface area (Å²) >= 11 is 3.36. The van der Waals surface area contributed by atoms with Crippen molar-refractivity contribution in [2.45, 2.75) is 96.8 Å². The summed E-state index contributed by atoms with van der Waals surface area (Å²) in [6, 6.07) is 0. The Morgan fingerprint density at radius 2 is 1.57 bits per heavy atom. The summed E-state index contributed by atoms with van der Waals surface area (Å²) in [7, 11) is 0. The van der Waals surface area contributed by atoms with E-state index in [-0.39, 0.29) is 5.91 Å². The number of amides is 1. The molecule has 0 atom stereocenters. The summed E-state index contributed by atoms with van der Waals surface area (Å²) in [6.45, 7) is 4.04. The van der Waals surface area contributed by atoms with Gasteiger partial charge >= 0.3 is 0 Å². The summed E-state index contributed by atoms with van der Waals surface area (Å²) in [5, 5.41) is 0. The zero-order valence-electron chi connectivity index (χ0n) is 19.0. The van der Waals surface area contributed by atoms with E-state index in [1.165, 1.54) is 83.5 Å². The Balaban J connectivity index is 1.83. The van der Waals surface area contributed by atoms with Crippen LogP contribution in [-0.4, -0.2) is 30.7 Å². The molecule has 30 heavy (non-hydrogen) atoms. The number of hydrogen-bond acceptors (Lipinski definition) is 3. The topological polar surface area (TPSA) is 55.6 Å². The molecule has 0 bridgehead atoms. The molecule has 0 aromatic carbocycles. The van der Waals surface area contributed by atoms with Crippen LogP contribution in [0, 0.1) is 0 Å². The number of hydrogen-bond donors (Lipinski definition) is 1. The number of allylic oxidation sites excluding steroid dienone is 4. The number of primary amides is 1. The Morgan fingerprint density at radius 3 is 2.17 bits per heavy atom. The van der Waals surface area contributed by atoms with Crippen LogP contribution >= 0.6 is 15.9 Å². The first kappa shape index (κ1) is 27.0. The average Bonchev–Trinajstić information content (AvgIpc) is 2.73. The molecule has 0 spiro atoms. The molecule has 172 valence electrons. The van der Waals surface area contributed by atoms with Crippen LogP contribution in [0.15, 0.2) is 34.5 Å². The van der Waals surface area contributed by atoms with Gasteiger partial charge in [-0.15, -0.1) is 0 Å². The molecule has 0 fully saturated rings. The van der Waals surface area contributed by atoms with Gasteiger partial charge in [-0.05, 0) is 38.2 Å². The van der Waals surface area contributed by atoms with Gasteiger partial charge in [0.25, 0.3) is 0 Å². The summed E-state index contributed by atoms with van der Waals surface area (Å²) in [6.07, 6.45) is 26.9. The third kappa shape index (κ3) is 14.0. The molecule has 4 nitrogen and oxygen atoms in total. The van der Waals surface area contributed by atoms with Gasteiger partial charge in [0, 0.05) is 17.3 Å². The van der Waals surface area contributed by atoms with E-state index in [0.29, 0.717) is 18.8 Å². The number of ether oxygens (including phenoxy) is 1. The van der Waals surface area contributed by atoms with Crippen LogP contribution in [0.3, 0.4) is 0 Å². The standard InChI is InChI=1S/C25H43BrN2O2/c1-2-3-4-5-6-7-8-9-10-11-12-13-14-15-16-17-20-30-22-28-19-18-24(26)23(21-28)25(27)29/h9-10,18-19H,2-8,11-17,20-22H2,1H3,(H2,27,29)/b10-9-. The molecule has 2 N–H and O–H groups in total. The van der Waals surface area contributed by atoms with E-state index in [1.807, 2.05) is 17.2 Å². The summed E-state index contributed by atoms with van der Waals surface area (Å²) < 4.78 is 6.49. The minimum Gasteiger partial charge on any atom is -0.366 e. The fourth-order valence-corrected chi connectivity index (χ4v) is 3.96. The Labute approximate surface area is 193 Å². The van der Waals surface area contributed by atoms with E-state index in [0.717, 1.165) is 17.5 Å². The van der Waals surface area contributed by atoms with Gasteiger partial charge in [-0.1, -0.05) is 92.8 Å². The van der Waals surface area contributed by atoms with Crippen molar-refractivity contribution in [3.05, 3.63) is 34.5 Å². The maximum Gasteiger partial charge on any atom is 0.247 e. The second-order valence-corrected chi connectivity index (χ2v) is 9.08. The fraction of sp³-hybridized carbons (Fsp3) is 0.720. The number of carbonyl (C=O) groups excluding carboxylic acids is 1. The van der Waals surface area contributed by atoms with Gasteiger partial charge in [-0.2, -0.15) is 0 Å². The minimum absolute atomic E-state index is 0.385. The normalized spacial score (nSPS) is 14.3. The maximum absolute atomic E-state index is 11.4. The number of halogens is 1. The highest BCUT2D eigenvalue weighted by molar-refractivity contribution is 9.12. The van der Waals surface area contributed by atoms with Crippen LogP contribution in [-0.2, 0) is 9.53 Å². The lowest BCUT2D eigenvalue weighted by molar-refractivity contribution is -0.114. The van der Waals surface area contributed by atoms with Gasteiger partial charge in [-0.3, -0.25) is 4.79 Å². The predicted molar refractivity (Wildman–Crippen MR) is 131 cm³/mol. The Kier molecular flexibility index (Phi) is 16.8. The van der Waals surface area contributed by atoms with E-state index in [2.05, 4.69) is 35.0 Å². The molecular weight excluding hydrogens is 440 g/mol. The van der Waals surface area contributed by atoms with Crippen molar-refractivity contribution in [1.82, 2.24) is 4.90 Å². The summed E-state index contributed by atoms with van der Waals surface area (Å²) in [5.41, 5.74) is 5.98. The molecule has 0 saturated heterocycles. The fourth-order valence-electron chi connectivity index (χ4n) is 3.52. The molecular formula is C25H43BrN2O2. The van der Waals surface area contributed by atoms with E-state index in [4.69, 9.17) is 10.5 Å². The molecule has 1 amide bonds. The third-order valence-corrected chi connectivity index (χ3v) is 6.18. The molecule has 0 aromatic heterocycles. The van der Waals surface area contributed by atoms with Crippen LogP contribution in [0.2, 0.25) is 0 Å². The van der Waals surface area contributed by atoms with E-state index in [1.54, 1.807) is 0 Å². The van der Waals surface area contributed by atoms with E-state index < -0.39 is 0 Å². The predicted octanol–water partition coefficient (Wildman–Crippen LogP) is 6.96. The zero-order valence-corrected chi connectivity index (χ0v) is 20.6. The first-order chi connectivity index (χ1) is 14.6. The first-order valence-electron chi connectivity index (χ1n) is 12.0. The molecule has 1 heterocycles. The Hall–Kier alpha value is -1.07. The van der Waals surface area contributed by atoms with Crippen molar-refractivity contribution in [2.24, 2.45) is 5.73 Å². The number of carbonyl (C=O) groups is 1. The molecule has 0 aromatic rings. The lowest BCUT2D eigenvalue weighted by Gasteiger charge is -2.24. The van der Waals surface area contributed by atoms with Gasteiger partial charge in [-0.25, -0.2) is 0 Å². The van der Waals surface area contributed by atoms with Crippen LogP contribution in [0.5, 0.6) is 0 Å². The van der Waals surface area contributed by atoms with Crippen molar-refractivity contribution >= 4 is 21.8 Å². The van der Waals surface area contributed by atoms with Crippen LogP contribution < -0.4 is 5.73 Å². The zero-order chi connectivity index (χ0) is 21.9. The smallest absolute Gasteiger partial charge is 0.247 e. The number of unbranched alkanes of at least 4 members (excludes halogenated alkanes) is 12. The highest BCUT2D eigenvalue weighted by Gasteiger charge is 2.16. The highest BCUT2D eigenvalue weighted by Crippen LogP contribution is 2.20. The second-order valence-electron chi connectivity index (χ2n) is 8.23. The number of rotatable bonds is 19. The molecule has 1 rings (SSSR count). The van der Waals surface area contributed by atoms with Crippen LogP contribution in [0.1, 0.15) is 96.8 Å². The second kappa shape index (κ2) is 18.7. The van der Waals surface area contributed by atoms with Crippen molar-refractivity contribution in [3.8, 4) is 0 Å². The quantitative estimate of drug-likeness (QED) is 0.160. The molecule has 1 aliphatic rings. The molecule has 5 heteroatoms. The third-order valence-electron chi connectivity index (χ3n) is 5.44. The Morgan fingerprint density at radius 1 is 1.00 bits per heavy atom. The molecule has 0 radical (unpaired) electrons. The lowest BCUT2D eigenvalue weighted by atomic mass is 10.1.